The third-order valence-electron chi connectivity index (χ3n) is 4.47. The molecule has 0 heterocycles. The molecule has 0 aliphatic heterocycles. The van der Waals surface area contributed by atoms with Gasteiger partial charge in [0.15, 0.2) is 5.78 Å². The third-order valence-corrected chi connectivity index (χ3v) is 4.47. The highest BCUT2D eigenvalue weighted by Crippen LogP contribution is 2.46. The van der Waals surface area contributed by atoms with Crippen LogP contribution in [-0.4, -0.2) is 23.3 Å². The molecule has 3 nitrogen and oxygen atoms in total. The lowest BCUT2D eigenvalue weighted by atomic mass is 9.68. The lowest BCUT2D eigenvalue weighted by Crippen LogP contribution is -2.46. The highest BCUT2D eigenvalue weighted by Gasteiger charge is 2.50. The van der Waals surface area contributed by atoms with Crippen LogP contribution in [0.5, 0.6) is 0 Å². The van der Waals surface area contributed by atoms with E-state index in [9.17, 15) is 18.4 Å². The van der Waals surface area contributed by atoms with Crippen LogP contribution in [0.2, 0.25) is 0 Å². The third kappa shape index (κ3) is 4.00. The fraction of sp³-hybridized carbons (Fsp3) is 0.579. The van der Waals surface area contributed by atoms with Crippen LogP contribution in [0.25, 0.3) is 0 Å². The summed E-state index contributed by atoms with van der Waals surface area (Å²) >= 11 is 0. The molecule has 0 aromatic heterocycles. The highest BCUT2D eigenvalue weighted by molar-refractivity contribution is 5.94. The van der Waals surface area contributed by atoms with Gasteiger partial charge in [-0.15, -0.1) is 0 Å². The number of ether oxygens (including phenoxy) is 1. The van der Waals surface area contributed by atoms with Crippen LogP contribution >= 0.6 is 0 Å². The van der Waals surface area contributed by atoms with E-state index >= 15 is 0 Å². The summed E-state index contributed by atoms with van der Waals surface area (Å²) < 4.78 is 32.8. The van der Waals surface area contributed by atoms with E-state index in [2.05, 4.69) is 0 Å². The SMILES string of the molecule is CC(=O)c1ccc(C2(C(=O)OC(C)(C)C)CCC(F)(F)CC2)cc1. The zero-order valence-electron chi connectivity index (χ0n) is 14.6. The number of esters is 1. The molecule has 1 aliphatic carbocycles. The Labute approximate surface area is 141 Å². The minimum Gasteiger partial charge on any atom is -0.459 e. The molecule has 0 bridgehead atoms. The van der Waals surface area contributed by atoms with Crippen LogP contribution in [-0.2, 0) is 14.9 Å². The molecule has 5 heteroatoms. The van der Waals surface area contributed by atoms with Crippen LogP contribution in [0.15, 0.2) is 24.3 Å². The van der Waals surface area contributed by atoms with Gasteiger partial charge in [-0.1, -0.05) is 24.3 Å². The number of carbonyl (C=O) groups is 2. The number of halogens is 2. The van der Waals surface area contributed by atoms with E-state index in [0.717, 1.165) is 0 Å². The molecule has 1 aromatic carbocycles. The number of alkyl halides is 2. The zero-order valence-corrected chi connectivity index (χ0v) is 14.6. The van der Waals surface area contributed by atoms with Gasteiger partial charge in [-0.25, -0.2) is 8.78 Å². The first-order valence-corrected chi connectivity index (χ1v) is 8.18. The van der Waals surface area contributed by atoms with Gasteiger partial charge in [0.1, 0.15) is 5.60 Å². The number of ketones is 1. The Morgan fingerprint density at radius 1 is 1.00 bits per heavy atom. The number of hydrogen-bond acceptors (Lipinski definition) is 3. The molecule has 1 saturated carbocycles. The summed E-state index contributed by atoms with van der Waals surface area (Å²) in [6.45, 7) is 6.73. The summed E-state index contributed by atoms with van der Waals surface area (Å²) in [7, 11) is 0. The maximum absolute atomic E-state index is 13.6. The van der Waals surface area contributed by atoms with Gasteiger partial charge in [-0.3, -0.25) is 9.59 Å². The molecule has 1 aliphatic rings. The predicted octanol–water partition coefficient (Wildman–Crippen LogP) is 4.68. The minimum absolute atomic E-state index is 0.0360. The fourth-order valence-electron chi connectivity index (χ4n) is 3.05. The van der Waals surface area contributed by atoms with E-state index in [1.165, 1.54) is 6.92 Å². The Hall–Kier alpha value is -1.78. The van der Waals surface area contributed by atoms with Crippen molar-refractivity contribution in [2.75, 3.05) is 0 Å². The lowest BCUT2D eigenvalue weighted by molar-refractivity contribution is -0.167. The van der Waals surface area contributed by atoms with Crippen molar-refractivity contribution >= 4 is 11.8 Å². The molecular formula is C19H24F2O3. The normalized spacial score (nSPS) is 19.6. The molecule has 0 radical (unpaired) electrons. The van der Waals surface area contributed by atoms with Crippen molar-refractivity contribution in [3.05, 3.63) is 35.4 Å². The second kappa shape index (κ2) is 6.26. The average Bonchev–Trinajstić information content (AvgIpc) is 2.46. The summed E-state index contributed by atoms with van der Waals surface area (Å²) in [4.78, 5) is 24.3. The molecule has 1 aromatic rings. The molecule has 0 saturated heterocycles. The summed E-state index contributed by atoms with van der Waals surface area (Å²) in [5.41, 5.74) is -0.607. The first-order chi connectivity index (χ1) is 11.0. The Bertz CT molecular complexity index is 617. The van der Waals surface area contributed by atoms with Gasteiger partial charge < -0.3 is 4.74 Å². The molecular weight excluding hydrogens is 314 g/mol. The van der Waals surface area contributed by atoms with Gasteiger partial charge in [-0.05, 0) is 46.1 Å². The van der Waals surface area contributed by atoms with Crippen LogP contribution in [0.3, 0.4) is 0 Å². The van der Waals surface area contributed by atoms with Crippen LogP contribution in [0.4, 0.5) is 8.78 Å². The Balaban J connectivity index is 2.39. The summed E-state index contributed by atoms with van der Waals surface area (Å²) in [5.74, 6) is -3.30. The minimum atomic E-state index is -2.75. The molecule has 24 heavy (non-hydrogen) atoms. The zero-order chi connectivity index (χ0) is 18.2. The Morgan fingerprint density at radius 2 is 1.50 bits per heavy atom. The van der Waals surface area contributed by atoms with Gasteiger partial charge in [-0.2, -0.15) is 0 Å². The summed E-state index contributed by atoms with van der Waals surface area (Å²) in [6.07, 6.45) is -0.621. The van der Waals surface area contributed by atoms with Gasteiger partial charge in [0.2, 0.25) is 5.92 Å². The maximum atomic E-state index is 13.6. The van der Waals surface area contributed by atoms with E-state index in [4.69, 9.17) is 4.74 Å². The predicted molar refractivity (Wildman–Crippen MR) is 87.4 cm³/mol. The van der Waals surface area contributed by atoms with Gasteiger partial charge in [0.05, 0.1) is 5.41 Å². The van der Waals surface area contributed by atoms with Crippen molar-refractivity contribution in [1.29, 1.82) is 0 Å². The quantitative estimate of drug-likeness (QED) is 0.594. The monoisotopic (exact) mass is 338 g/mol. The van der Waals surface area contributed by atoms with Crippen molar-refractivity contribution in [1.82, 2.24) is 0 Å². The first kappa shape index (κ1) is 18.6. The van der Waals surface area contributed by atoms with E-state index in [1.54, 1.807) is 45.0 Å². The Morgan fingerprint density at radius 3 is 1.92 bits per heavy atom. The van der Waals surface area contributed by atoms with Gasteiger partial charge in [0.25, 0.3) is 0 Å². The van der Waals surface area contributed by atoms with E-state index in [-0.39, 0.29) is 31.5 Å². The van der Waals surface area contributed by atoms with Gasteiger partial charge in [0, 0.05) is 18.4 Å². The van der Waals surface area contributed by atoms with Crippen LogP contribution in [0, 0.1) is 0 Å². The summed E-state index contributed by atoms with van der Waals surface area (Å²) in [6, 6.07) is 6.64. The van der Waals surface area contributed by atoms with E-state index in [1.807, 2.05) is 0 Å². The van der Waals surface area contributed by atoms with E-state index in [0.29, 0.717) is 11.1 Å². The molecule has 1 fully saturated rings. The molecule has 0 spiro atoms. The number of carbonyl (C=O) groups excluding carboxylic acids is 2. The van der Waals surface area contributed by atoms with Crippen LogP contribution < -0.4 is 0 Å². The number of Topliss-reactive ketones (excluding diaryl/α,β-unsaturated/α-hetero) is 1. The largest absolute Gasteiger partial charge is 0.459 e. The molecule has 0 N–H and O–H groups in total. The Kier molecular flexibility index (Phi) is 4.84. The van der Waals surface area contributed by atoms with Crippen molar-refractivity contribution in [3.8, 4) is 0 Å². The van der Waals surface area contributed by atoms with Crippen molar-refractivity contribution in [3.63, 3.8) is 0 Å². The van der Waals surface area contributed by atoms with Gasteiger partial charge >= 0.3 is 5.97 Å². The van der Waals surface area contributed by atoms with Crippen molar-refractivity contribution in [2.45, 2.75) is 70.3 Å². The molecule has 0 atom stereocenters. The standard InChI is InChI=1S/C19H24F2O3/c1-13(22)14-5-7-15(8-6-14)18(16(23)24-17(2,3)4)9-11-19(20,21)12-10-18/h5-8H,9-12H2,1-4H3. The van der Waals surface area contributed by atoms with E-state index < -0.39 is 22.9 Å². The second-order valence-corrected chi connectivity index (χ2v) is 7.57. The van der Waals surface area contributed by atoms with Crippen LogP contribution in [0.1, 0.15) is 69.3 Å². The number of hydrogen-bond donors (Lipinski definition) is 0. The number of rotatable bonds is 3. The molecule has 2 rings (SSSR count). The smallest absolute Gasteiger partial charge is 0.317 e. The lowest BCUT2D eigenvalue weighted by Gasteiger charge is -2.40. The molecule has 132 valence electrons. The average molecular weight is 338 g/mol. The maximum Gasteiger partial charge on any atom is 0.317 e. The fourth-order valence-corrected chi connectivity index (χ4v) is 3.05. The van der Waals surface area contributed by atoms with Crippen molar-refractivity contribution in [2.24, 2.45) is 0 Å². The summed E-state index contributed by atoms with van der Waals surface area (Å²) in [5, 5.41) is 0. The molecule has 0 amide bonds. The number of benzene rings is 1. The van der Waals surface area contributed by atoms with Crippen molar-refractivity contribution < 1.29 is 23.1 Å². The first-order valence-electron chi connectivity index (χ1n) is 8.18. The topological polar surface area (TPSA) is 43.4 Å². The molecule has 0 unspecified atom stereocenters. The second-order valence-electron chi connectivity index (χ2n) is 7.57. The highest BCUT2D eigenvalue weighted by atomic mass is 19.3.